The van der Waals surface area contributed by atoms with Crippen LogP contribution in [-0.2, 0) is 19.7 Å². The summed E-state index contributed by atoms with van der Waals surface area (Å²) in [6, 6.07) is 20.1. The van der Waals surface area contributed by atoms with Crippen LogP contribution in [0.1, 0.15) is 16.7 Å². The molecule has 0 aliphatic rings. The number of ether oxygens (including phenoxy) is 1. The van der Waals surface area contributed by atoms with E-state index in [1.807, 2.05) is 54.9 Å². The van der Waals surface area contributed by atoms with Gasteiger partial charge in [0, 0.05) is 22.2 Å². The van der Waals surface area contributed by atoms with Gasteiger partial charge in [-0.25, -0.2) is 4.98 Å². The molecular weight excluding hydrogens is 320 g/mol. The highest BCUT2D eigenvalue weighted by atomic mass is 35.5. The van der Waals surface area contributed by atoms with Crippen LogP contribution in [-0.4, -0.2) is 0 Å². The van der Waals surface area contributed by atoms with Crippen LogP contribution in [0.4, 0.5) is 0 Å². The smallest absolute Gasteiger partial charge is 0.175 e. The number of nitrogens with one attached hydrogen (secondary N) is 1. The molecule has 0 fully saturated rings. The number of hydrogen-bond donors (Lipinski definition) is 1. The zero-order chi connectivity index (χ0) is 16.6. The lowest BCUT2D eigenvalue weighted by Crippen LogP contribution is -2.80. The number of aromatic amines is 1. The predicted molar refractivity (Wildman–Crippen MR) is 94.6 cm³/mol. The Kier molecular flexibility index (Phi) is 5.83. The lowest BCUT2D eigenvalue weighted by molar-refractivity contribution is -0.686. The van der Waals surface area contributed by atoms with Gasteiger partial charge in [-0.15, -0.1) is 0 Å². The van der Waals surface area contributed by atoms with Crippen LogP contribution in [0.2, 0.25) is 5.02 Å². The van der Waals surface area contributed by atoms with Gasteiger partial charge < -0.3 is 10.1 Å². The van der Waals surface area contributed by atoms with E-state index < -0.39 is 0 Å². The van der Waals surface area contributed by atoms with Gasteiger partial charge in [-0.05, 0) is 24.3 Å². The first-order valence-electron chi connectivity index (χ1n) is 8.03. The highest BCUT2D eigenvalue weighted by Crippen LogP contribution is 2.19. The largest absolute Gasteiger partial charge is 0.489 e. The van der Waals surface area contributed by atoms with Gasteiger partial charge in [0.1, 0.15) is 25.4 Å². The Balaban J connectivity index is 1.53. The zero-order valence-electron chi connectivity index (χ0n) is 13.4. The SMILES string of the molecule is Clc1ccccc1COc1cccc(C[NH2+]Cc2ccc[nH+]c2)c1. The first kappa shape index (κ1) is 16.5. The van der Waals surface area contributed by atoms with Crippen molar-refractivity contribution in [1.82, 2.24) is 0 Å². The predicted octanol–water partition coefficient (Wildman–Crippen LogP) is 3.00. The van der Waals surface area contributed by atoms with Gasteiger partial charge >= 0.3 is 0 Å². The number of pyridine rings is 1. The summed E-state index contributed by atoms with van der Waals surface area (Å²) < 4.78 is 5.87. The summed E-state index contributed by atoms with van der Waals surface area (Å²) >= 11 is 6.16. The minimum Gasteiger partial charge on any atom is -0.489 e. The molecule has 2 aromatic carbocycles. The molecule has 0 unspecified atom stereocenters. The molecule has 3 nitrogen and oxygen atoms in total. The van der Waals surface area contributed by atoms with Gasteiger partial charge in [0.05, 0.1) is 5.56 Å². The van der Waals surface area contributed by atoms with Crippen LogP contribution in [0.15, 0.2) is 73.1 Å². The van der Waals surface area contributed by atoms with E-state index in [1.165, 1.54) is 11.1 Å². The van der Waals surface area contributed by atoms with Crippen molar-refractivity contribution in [3.05, 3.63) is 94.8 Å². The molecule has 24 heavy (non-hydrogen) atoms. The van der Waals surface area contributed by atoms with Crippen molar-refractivity contribution in [3.63, 3.8) is 0 Å². The molecule has 3 N–H and O–H groups in total. The van der Waals surface area contributed by atoms with Crippen LogP contribution in [0, 0.1) is 0 Å². The van der Waals surface area contributed by atoms with E-state index in [-0.39, 0.29) is 0 Å². The van der Waals surface area contributed by atoms with E-state index in [4.69, 9.17) is 16.3 Å². The number of benzene rings is 2. The minimum atomic E-state index is 0.479. The van der Waals surface area contributed by atoms with E-state index in [1.54, 1.807) is 0 Å². The van der Waals surface area contributed by atoms with Crippen LogP contribution in [0.25, 0.3) is 0 Å². The monoisotopic (exact) mass is 340 g/mol. The highest BCUT2D eigenvalue weighted by molar-refractivity contribution is 6.31. The molecule has 4 heteroatoms. The van der Waals surface area contributed by atoms with Crippen molar-refractivity contribution in [2.45, 2.75) is 19.7 Å². The number of quaternary nitrogens is 1. The second-order valence-corrected chi connectivity index (χ2v) is 6.04. The lowest BCUT2D eigenvalue weighted by atomic mass is 10.2. The minimum absolute atomic E-state index is 0.479. The van der Waals surface area contributed by atoms with E-state index in [0.717, 1.165) is 29.4 Å². The van der Waals surface area contributed by atoms with E-state index >= 15 is 0 Å². The molecule has 0 saturated heterocycles. The third-order valence-electron chi connectivity index (χ3n) is 3.78. The van der Waals surface area contributed by atoms with Gasteiger partial charge in [0.2, 0.25) is 0 Å². The molecule has 0 spiro atoms. The molecule has 0 bridgehead atoms. The summed E-state index contributed by atoms with van der Waals surface area (Å²) in [5.74, 6) is 0.869. The highest BCUT2D eigenvalue weighted by Gasteiger charge is 2.03. The number of aromatic nitrogens is 1. The number of rotatable bonds is 7. The third-order valence-corrected chi connectivity index (χ3v) is 4.15. The Morgan fingerprint density at radius 1 is 0.917 bits per heavy atom. The Labute approximate surface area is 147 Å². The van der Waals surface area contributed by atoms with Gasteiger partial charge in [0.25, 0.3) is 0 Å². The maximum absolute atomic E-state index is 6.16. The Hall–Kier alpha value is -2.36. The lowest BCUT2D eigenvalue weighted by Gasteiger charge is -2.09. The summed E-state index contributed by atoms with van der Waals surface area (Å²) in [5.41, 5.74) is 3.52. The maximum atomic E-state index is 6.16. The Morgan fingerprint density at radius 2 is 1.75 bits per heavy atom. The van der Waals surface area contributed by atoms with E-state index in [9.17, 15) is 0 Å². The molecule has 0 aliphatic heterocycles. The number of hydrogen-bond acceptors (Lipinski definition) is 1. The standard InChI is InChI=1S/C20H19ClN2O/c21-20-9-2-1-7-18(20)15-24-19-8-3-5-16(11-19)12-23-14-17-6-4-10-22-13-17/h1-11,13,23H,12,14-15H2/p+2. The van der Waals surface area contributed by atoms with Crippen LogP contribution >= 0.6 is 11.6 Å². The Bertz CT molecular complexity index is 777. The average Bonchev–Trinajstić information content (AvgIpc) is 2.62. The first-order valence-corrected chi connectivity index (χ1v) is 8.41. The summed E-state index contributed by atoms with van der Waals surface area (Å²) in [6.45, 7) is 2.34. The molecule has 1 heterocycles. The molecule has 0 aliphatic carbocycles. The third kappa shape index (κ3) is 4.82. The van der Waals surface area contributed by atoms with Crippen molar-refractivity contribution in [1.29, 1.82) is 0 Å². The van der Waals surface area contributed by atoms with Gasteiger partial charge in [-0.3, -0.25) is 0 Å². The zero-order valence-corrected chi connectivity index (χ0v) is 14.2. The van der Waals surface area contributed by atoms with Crippen molar-refractivity contribution in [3.8, 4) is 5.75 Å². The second-order valence-electron chi connectivity index (χ2n) is 5.64. The molecule has 1 aromatic heterocycles. The van der Waals surface area contributed by atoms with E-state index in [0.29, 0.717) is 6.61 Å². The molecule has 3 rings (SSSR count). The van der Waals surface area contributed by atoms with Crippen LogP contribution in [0.3, 0.4) is 0 Å². The van der Waals surface area contributed by atoms with Crippen molar-refractivity contribution < 1.29 is 15.0 Å². The van der Waals surface area contributed by atoms with Crippen LogP contribution in [0.5, 0.6) is 5.75 Å². The first-order chi connectivity index (χ1) is 11.8. The number of halogens is 1. The number of H-pyrrole nitrogens is 1. The summed E-state index contributed by atoms with van der Waals surface area (Å²) in [5, 5.41) is 3.01. The van der Waals surface area contributed by atoms with Gasteiger partial charge in [0.15, 0.2) is 12.4 Å². The molecule has 0 saturated carbocycles. The topological polar surface area (TPSA) is 40.0 Å². The van der Waals surface area contributed by atoms with Gasteiger partial charge in [-0.2, -0.15) is 0 Å². The molecule has 0 atom stereocenters. The number of nitrogens with two attached hydrogens (primary N) is 1. The van der Waals surface area contributed by atoms with Crippen molar-refractivity contribution in [2.75, 3.05) is 0 Å². The molecule has 0 amide bonds. The second kappa shape index (κ2) is 8.48. The summed E-state index contributed by atoms with van der Waals surface area (Å²) in [6.07, 6.45) is 3.95. The Morgan fingerprint density at radius 3 is 2.58 bits per heavy atom. The summed E-state index contributed by atoms with van der Waals surface area (Å²) in [4.78, 5) is 3.10. The fraction of sp³-hybridized carbons (Fsp3) is 0.150. The van der Waals surface area contributed by atoms with Crippen molar-refractivity contribution >= 4 is 11.6 Å². The average molecular weight is 341 g/mol. The quantitative estimate of drug-likeness (QED) is 0.705. The van der Waals surface area contributed by atoms with Crippen molar-refractivity contribution in [2.24, 2.45) is 0 Å². The summed E-state index contributed by atoms with van der Waals surface area (Å²) in [7, 11) is 0. The maximum Gasteiger partial charge on any atom is 0.175 e. The van der Waals surface area contributed by atoms with Gasteiger partial charge in [-0.1, -0.05) is 41.9 Å². The molecule has 0 radical (unpaired) electrons. The fourth-order valence-electron chi connectivity index (χ4n) is 2.50. The normalized spacial score (nSPS) is 10.5. The van der Waals surface area contributed by atoms with E-state index in [2.05, 4.69) is 28.5 Å². The fourth-order valence-corrected chi connectivity index (χ4v) is 2.69. The van der Waals surface area contributed by atoms with Crippen LogP contribution < -0.4 is 15.0 Å². The molecule has 3 aromatic rings. The molecular formula is C20H21ClN2O+2. The molecule has 122 valence electrons.